The zero-order chi connectivity index (χ0) is 12.8. The fourth-order valence-electron chi connectivity index (χ4n) is 2.37. The van der Waals surface area contributed by atoms with Crippen LogP contribution in [-0.2, 0) is 0 Å². The Bertz CT molecular complexity index is 396. The molecule has 1 nitrogen and oxygen atoms in total. The Hall–Kier alpha value is -1.24. The third-order valence-electron chi connectivity index (χ3n) is 3.84. The van der Waals surface area contributed by atoms with Gasteiger partial charge in [-0.1, -0.05) is 50.6 Å². The lowest BCUT2D eigenvalue weighted by Gasteiger charge is -2.21. The Morgan fingerprint density at radius 2 is 2.00 bits per heavy atom. The van der Waals surface area contributed by atoms with E-state index in [1.54, 1.807) is 0 Å². The van der Waals surface area contributed by atoms with Crippen molar-refractivity contribution in [2.24, 2.45) is 5.92 Å². The van der Waals surface area contributed by atoms with E-state index in [9.17, 15) is 0 Å². The lowest BCUT2D eigenvalue weighted by molar-refractivity contribution is 0.521. The summed E-state index contributed by atoms with van der Waals surface area (Å²) in [6.07, 6.45) is 17.5. The van der Waals surface area contributed by atoms with Crippen LogP contribution < -0.4 is 5.32 Å². The second-order valence-electron chi connectivity index (χ2n) is 5.37. The molecular formula is C17H25N. The summed E-state index contributed by atoms with van der Waals surface area (Å²) in [6.45, 7) is 5.67. The molecule has 0 heterocycles. The summed E-state index contributed by atoms with van der Waals surface area (Å²) in [5.41, 5.74) is 4.26. The normalized spacial score (nSPS) is 20.9. The average molecular weight is 243 g/mol. The van der Waals surface area contributed by atoms with E-state index in [0.29, 0.717) is 0 Å². The number of hydrogen-bond acceptors (Lipinski definition) is 1. The van der Waals surface area contributed by atoms with Gasteiger partial charge in [0.25, 0.3) is 0 Å². The van der Waals surface area contributed by atoms with Crippen LogP contribution in [0.15, 0.2) is 47.2 Å². The van der Waals surface area contributed by atoms with E-state index in [2.05, 4.69) is 49.5 Å². The maximum Gasteiger partial charge on any atom is 0.0189 e. The number of allylic oxidation sites excluding steroid dienone is 8. The van der Waals surface area contributed by atoms with Crippen molar-refractivity contribution < 1.29 is 0 Å². The van der Waals surface area contributed by atoms with Crippen LogP contribution in [0.4, 0.5) is 0 Å². The van der Waals surface area contributed by atoms with Crippen molar-refractivity contribution in [1.82, 2.24) is 5.32 Å². The Balaban J connectivity index is 2.11. The molecule has 98 valence electrons. The zero-order valence-corrected chi connectivity index (χ0v) is 11.7. The number of rotatable bonds is 5. The van der Waals surface area contributed by atoms with Crippen LogP contribution in [0.1, 0.15) is 46.0 Å². The first-order valence-electron chi connectivity index (χ1n) is 7.32. The van der Waals surface area contributed by atoms with Gasteiger partial charge in [0.1, 0.15) is 0 Å². The molecule has 0 radical (unpaired) electrons. The molecule has 1 atom stereocenters. The van der Waals surface area contributed by atoms with Gasteiger partial charge >= 0.3 is 0 Å². The SMILES string of the molecule is CC[C@@H](C)CNC1=C(C2=CCCC=C2)C=CCC1. The van der Waals surface area contributed by atoms with Gasteiger partial charge < -0.3 is 5.32 Å². The van der Waals surface area contributed by atoms with E-state index >= 15 is 0 Å². The third kappa shape index (κ3) is 3.38. The van der Waals surface area contributed by atoms with E-state index in [4.69, 9.17) is 0 Å². The predicted molar refractivity (Wildman–Crippen MR) is 79.3 cm³/mol. The largest absolute Gasteiger partial charge is 0.388 e. The molecule has 0 fully saturated rings. The minimum atomic E-state index is 0.750. The fourth-order valence-corrected chi connectivity index (χ4v) is 2.37. The van der Waals surface area contributed by atoms with Gasteiger partial charge in [0.05, 0.1) is 0 Å². The lowest BCUT2D eigenvalue weighted by atomic mass is 9.92. The van der Waals surface area contributed by atoms with Crippen molar-refractivity contribution in [3.8, 4) is 0 Å². The van der Waals surface area contributed by atoms with Crippen LogP contribution in [0.2, 0.25) is 0 Å². The molecule has 0 spiro atoms. The zero-order valence-electron chi connectivity index (χ0n) is 11.7. The van der Waals surface area contributed by atoms with Gasteiger partial charge in [0.2, 0.25) is 0 Å². The summed E-state index contributed by atoms with van der Waals surface area (Å²) in [5, 5.41) is 3.67. The average Bonchev–Trinajstić information content (AvgIpc) is 2.46. The van der Waals surface area contributed by atoms with Gasteiger partial charge in [0, 0.05) is 12.2 Å². The molecule has 18 heavy (non-hydrogen) atoms. The smallest absolute Gasteiger partial charge is 0.0189 e. The summed E-state index contributed by atoms with van der Waals surface area (Å²) in [6, 6.07) is 0. The van der Waals surface area contributed by atoms with E-state index in [1.165, 1.54) is 42.5 Å². The van der Waals surface area contributed by atoms with E-state index in [0.717, 1.165) is 18.9 Å². The predicted octanol–water partition coefficient (Wildman–Crippen LogP) is 4.50. The van der Waals surface area contributed by atoms with E-state index in [-0.39, 0.29) is 0 Å². The molecule has 0 saturated heterocycles. The van der Waals surface area contributed by atoms with Crippen LogP contribution in [0.5, 0.6) is 0 Å². The molecule has 0 aromatic rings. The summed E-state index contributed by atoms with van der Waals surface area (Å²) in [7, 11) is 0. The maximum absolute atomic E-state index is 3.67. The number of nitrogens with one attached hydrogen (secondary N) is 1. The van der Waals surface area contributed by atoms with Gasteiger partial charge in [-0.15, -0.1) is 0 Å². The first kappa shape index (κ1) is 13.2. The fraction of sp³-hybridized carbons (Fsp3) is 0.529. The minimum Gasteiger partial charge on any atom is -0.388 e. The lowest BCUT2D eigenvalue weighted by Crippen LogP contribution is -2.22. The highest BCUT2D eigenvalue weighted by molar-refractivity contribution is 5.51. The standard InChI is InChI=1S/C17H25N/c1-3-14(2)13-18-17-12-8-7-11-16(17)15-9-5-4-6-10-15/h5,7,9-11,14,18H,3-4,6,8,12-13H2,1-2H3/t14-/m1/s1. The van der Waals surface area contributed by atoms with Crippen molar-refractivity contribution in [2.75, 3.05) is 6.54 Å². The van der Waals surface area contributed by atoms with Gasteiger partial charge in [-0.25, -0.2) is 0 Å². The Labute approximate surface area is 111 Å². The molecule has 0 aromatic heterocycles. The second-order valence-corrected chi connectivity index (χ2v) is 5.37. The molecule has 2 aliphatic carbocycles. The van der Waals surface area contributed by atoms with Crippen LogP contribution >= 0.6 is 0 Å². The Morgan fingerprint density at radius 1 is 1.17 bits per heavy atom. The van der Waals surface area contributed by atoms with Gasteiger partial charge in [-0.05, 0) is 42.7 Å². The highest BCUT2D eigenvalue weighted by Gasteiger charge is 2.12. The molecule has 0 amide bonds. The maximum atomic E-state index is 3.67. The van der Waals surface area contributed by atoms with Crippen molar-refractivity contribution in [3.63, 3.8) is 0 Å². The van der Waals surface area contributed by atoms with Crippen LogP contribution in [0.25, 0.3) is 0 Å². The monoisotopic (exact) mass is 243 g/mol. The molecular weight excluding hydrogens is 218 g/mol. The summed E-state index contributed by atoms with van der Waals surface area (Å²) < 4.78 is 0. The minimum absolute atomic E-state index is 0.750. The molecule has 0 bridgehead atoms. The molecule has 0 saturated carbocycles. The molecule has 0 aliphatic heterocycles. The number of hydrogen-bond donors (Lipinski definition) is 1. The summed E-state index contributed by atoms with van der Waals surface area (Å²) in [4.78, 5) is 0. The van der Waals surface area contributed by atoms with E-state index in [1.807, 2.05) is 0 Å². The quantitative estimate of drug-likeness (QED) is 0.749. The Kier molecular flexibility index (Phi) is 4.86. The first-order valence-corrected chi connectivity index (χ1v) is 7.32. The molecule has 0 aromatic carbocycles. The van der Waals surface area contributed by atoms with Crippen molar-refractivity contribution in [3.05, 3.63) is 47.2 Å². The highest BCUT2D eigenvalue weighted by atomic mass is 14.9. The van der Waals surface area contributed by atoms with Gasteiger partial charge in [-0.2, -0.15) is 0 Å². The molecule has 0 unspecified atom stereocenters. The topological polar surface area (TPSA) is 12.0 Å². The molecule has 1 heteroatoms. The molecule has 2 rings (SSSR count). The van der Waals surface area contributed by atoms with Crippen molar-refractivity contribution in [2.45, 2.75) is 46.0 Å². The molecule has 1 N–H and O–H groups in total. The second kappa shape index (κ2) is 6.63. The summed E-state index contributed by atoms with van der Waals surface area (Å²) in [5.74, 6) is 0.750. The third-order valence-corrected chi connectivity index (χ3v) is 3.84. The highest BCUT2D eigenvalue weighted by Crippen LogP contribution is 2.26. The van der Waals surface area contributed by atoms with Gasteiger partial charge in [-0.3, -0.25) is 0 Å². The van der Waals surface area contributed by atoms with Crippen LogP contribution in [0, 0.1) is 5.92 Å². The van der Waals surface area contributed by atoms with Crippen molar-refractivity contribution >= 4 is 0 Å². The van der Waals surface area contributed by atoms with Gasteiger partial charge in [0.15, 0.2) is 0 Å². The Morgan fingerprint density at radius 3 is 2.72 bits per heavy atom. The van der Waals surface area contributed by atoms with E-state index < -0.39 is 0 Å². The summed E-state index contributed by atoms with van der Waals surface area (Å²) >= 11 is 0. The van der Waals surface area contributed by atoms with Crippen molar-refractivity contribution in [1.29, 1.82) is 0 Å². The van der Waals surface area contributed by atoms with Crippen LogP contribution in [0.3, 0.4) is 0 Å². The van der Waals surface area contributed by atoms with Crippen LogP contribution in [-0.4, -0.2) is 6.54 Å². The molecule has 2 aliphatic rings. The first-order chi connectivity index (χ1) is 8.81.